The van der Waals surface area contributed by atoms with Crippen LogP contribution in [0.1, 0.15) is 37.8 Å². The van der Waals surface area contributed by atoms with Gasteiger partial charge in [0.1, 0.15) is 0 Å². The third-order valence-corrected chi connectivity index (χ3v) is 11.5. The van der Waals surface area contributed by atoms with Gasteiger partial charge in [-0.05, 0) is 74.9 Å². The van der Waals surface area contributed by atoms with Crippen molar-refractivity contribution in [3.05, 3.63) is 126 Å². The van der Waals surface area contributed by atoms with Gasteiger partial charge in [0.15, 0.2) is 0 Å². The molecule has 0 N–H and O–H groups in total. The number of hydrogen-bond donors (Lipinski definition) is 0. The second-order valence-electron chi connectivity index (χ2n) is 12.6. The smallest absolute Gasteiger partial charge is 0.0798 e. The van der Waals surface area contributed by atoms with E-state index in [1.807, 2.05) is 50.2 Å². The minimum atomic E-state index is -1.27. The van der Waals surface area contributed by atoms with Crippen molar-refractivity contribution in [2.24, 2.45) is 0 Å². The maximum Gasteiger partial charge on any atom is 0.0798 e. The number of benzene rings is 4. The molecule has 1 radical (unpaired) electrons. The first-order valence-corrected chi connectivity index (χ1v) is 19.4. The van der Waals surface area contributed by atoms with Crippen molar-refractivity contribution < 1.29 is 21.5 Å². The van der Waals surface area contributed by atoms with Gasteiger partial charge in [-0.2, -0.15) is 11.3 Å². The summed E-state index contributed by atoms with van der Waals surface area (Å²) in [6, 6.07) is 35.9. The average molecular weight is 800 g/mol. The molecule has 229 valence electrons. The van der Waals surface area contributed by atoms with Gasteiger partial charge in [0, 0.05) is 38.6 Å². The van der Waals surface area contributed by atoms with Crippen LogP contribution in [0.15, 0.2) is 97.3 Å². The van der Waals surface area contributed by atoms with Gasteiger partial charge < -0.3 is 9.97 Å². The maximum absolute atomic E-state index is 8.36. The van der Waals surface area contributed by atoms with Crippen LogP contribution in [0.4, 0.5) is 0 Å². The molecule has 0 atom stereocenters. The Bertz CT molecular complexity index is 2160. The Labute approximate surface area is 287 Å². The molecule has 0 aliphatic heterocycles. The first kappa shape index (κ1) is 31.5. The standard InChI is InChI=1S/C25H20NS.C15H18NSi.Ir/c1-15(2)17-12-13-26-22(14-17)20-8-5-9-21-24-19-7-4-6-16(3)18(19)10-11-23(24)27-25(20)21;1-12-10-14(13-8-6-5-7-9-13)16-11-15(12)17(2,3)4;/h4-7,9-15H,1-3H3;5-8,10-11H,1-4H3;/q2*-1;/i15D;;. The van der Waals surface area contributed by atoms with Crippen LogP contribution in [0.2, 0.25) is 19.6 Å². The molecule has 5 heteroatoms. The molecule has 0 fully saturated rings. The van der Waals surface area contributed by atoms with Crippen molar-refractivity contribution in [2.45, 2.75) is 53.2 Å². The van der Waals surface area contributed by atoms with E-state index >= 15 is 0 Å². The van der Waals surface area contributed by atoms with Gasteiger partial charge >= 0.3 is 0 Å². The Balaban J connectivity index is 0.000000200. The summed E-state index contributed by atoms with van der Waals surface area (Å²) in [5.74, 6) is -0.653. The van der Waals surface area contributed by atoms with Crippen LogP contribution in [0, 0.1) is 26.0 Å². The Morgan fingerprint density at radius 1 is 0.778 bits per heavy atom. The molecule has 0 aliphatic carbocycles. The second kappa shape index (κ2) is 13.5. The van der Waals surface area contributed by atoms with E-state index in [1.165, 1.54) is 47.3 Å². The average Bonchev–Trinajstić information content (AvgIpc) is 3.40. The summed E-state index contributed by atoms with van der Waals surface area (Å²) in [6.45, 7) is 15.2. The van der Waals surface area contributed by atoms with E-state index in [-0.39, 0.29) is 20.1 Å². The molecule has 3 heterocycles. The minimum Gasteiger partial charge on any atom is -0.305 e. The van der Waals surface area contributed by atoms with Gasteiger partial charge in [-0.15, -0.1) is 59.7 Å². The minimum absolute atomic E-state index is 0. The molecular formula is C40H38IrN2SSi-2. The molecule has 2 nitrogen and oxygen atoms in total. The van der Waals surface area contributed by atoms with Crippen molar-refractivity contribution in [3.63, 3.8) is 0 Å². The molecule has 0 saturated carbocycles. The van der Waals surface area contributed by atoms with E-state index in [4.69, 9.17) is 1.37 Å². The van der Waals surface area contributed by atoms with Crippen LogP contribution >= 0.6 is 11.3 Å². The van der Waals surface area contributed by atoms with Crippen molar-refractivity contribution >= 4 is 55.5 Å². The molecule has 7 aromatic rings. The first-order valence-electron chi connectivity index (χ1n) is 15.6. The predicted octanol–water partition coefficient (Wildman–Crippen LogP) is 10.9. The van der Waals surface area contributed by atoms with E-state index < -0.39 is 14.0 Å². The third kappa shape index (κ3) is 6.73. The van der Waals surface area contributed by atoms with Gasteiger partial charge in [0.05, 0.1) is 8.07 Å². The Morgan fingerprint density at radius 3 is 2.31 bits per heavy atom. The number of aromatic nitrogens is 2. The zero-order valence-electron chi connectivity index (χ0n) is 27.9. The first-order chi connectivity index (χ1) is 21.4. The van der Waals surface area contributed by atoms with Crippen molar-refractivity contribution in [1.82, 2.24) is 9.97 Å². The Morgan fingerprint density at radius 2 is 1.60 bits per heavy atom. The Hall–Kier alpha value is -3.47. The van der Waals surface area contributed by atoms with Crippen molar-refractivity contribution in [3.8, 4) is 22.5 Å². The van der Waals surface area contributed by atoms with Crippen LogP contribution < -0.4 is 5.19 Å². The van der Waals surface area contributed by atoms with E-state index in [0.717, 1.165) is 28.1 Å². The predicted molar refractivity (Wildman–Crippen MR) is 194 cm³/mol. The fourth-order valence-electron chi connectivity index (χ4n) is 5.86. The molecule has 7 rings (SSSR count). The molecule has 0 aliphatic rings. The third-order valence-electron chi connectivity index (χ3n) is 8.17. The molecule has 45 heavy (non-hydrogen) atoms. The maximum atomic E-state index is 8.36. The molecule has 0 spiro atoms. The monoisotopic (exact) mass is 800 g/mol. The van der Waals surface area contributed by atoms with E-state index in [1.54, 1.807) is 17.5 Å². The molecule has 0 bridgehead atoms. The molecule has 0 amide bonds. The van der Waals surface area contributed by atoms with Crippen molar-refractivity contribution in [2.75, 3.05) is 0 Å². The molecule has 0 unspecified atom stereocenters. The van der Waals surface area contributed by atoms with Gasteiger partial charge in [-0.25, -0.2) is 0 Å². The summed E-state index contributed by atoms with van der Waals surface area (Å²) in [7, 11) is -1.27. The summed E-state index contributed by atoms with van der Waals surface area (Å²) in [5.41, 5.74) is 7.61. The van der Waals surface area contributed by atoms with Crippen LogP contribution in [0.5, 0.6) is 0 Å². The Kier molecular flexibility index (Phi) is 9.44. The topological polar surface area (TPSA) is 25.8 Å². The summed E-state index contributed by atoms with van der Waals surface area (Å²) in [6.07, 6.45) is 3.86. The fraction of sp³-hybridized carbons (Fsp3) is 0.200. The van der Waals surface area contributed by atoms with Gasteiger partial charge in [0.2, 0.25) is 0 Å². The summed E-state index contributed by atoms with van der Waals surface area (Å²) in [4.78, 5) is 9.19. The van der Waals surface area contributed by atoms with Crippen LogP contribution in [0.25, 0.3) is 53.5 Å². The van der Waals surface area contributed by atoms with Crippen LogP contribution in [-0.4, -0.2) is 18.0 Å². The molecular weight excluding hydrogens is 761 g/mol. The number of pyridine rings is 2. The van der Waals surface area contributed by atoms with E-state index in [2.05, 4.69) is 110 Å². The zero-order chi connectivity index (χ0) is 31.9. The number of rotatable bonds is 4. The normalized spacial score (nSPS) is 12.0. The summed E-state index contributed by atoms with van der Waals surface area (Å²) in [5, 5.41) is 6.61. The van der Waals surface area contributed by atoms with E-state index in [0.29, 0.717) is 0 Å². The van der Waals surface area contributed by atoms with Gasteiger partial charge in [-0.3, -0.25) is 0 Å². The van der Waals surface area contributed by atoms with Gasteiger partial charge in [-0.1, -0.05) is 86.4 Å². The molecule has 4 aromatic carbocycles. The molecule has 3 aromatic heterocycles. The fourth-order valence-corrected chi connectivity index (χ4v) is 8.80. The summed E-state index contributed by atoms with van der Waals surface area (Å²) < 4.78 is 10.8. The summed E-state index contributed by atoms with van der Waals surface area (Å²) >= 11 is 1.80. The van der Waals surface area contributed by atoms with Crippen LogP contribution in [0.3, 0.4) is 0 Å². The van der Waals surface area contributed by atoms with Crippen LogP contribution in [-0.2, 0) is 20.1 Å². The number of thiophene rings is 1. The number of fused-ring (bicyclic) bond motifs is 5. The van der Waals surface area contributed by atoms with E-state index in [9.17, 15) is 0 Å². The second-order valence-corrected chi connectivity index (χ2v) is 18.7. The zero-order valence-corrected chi connectivity index (χ0v) is 31.1. The SMILES string of the molecule is Cc1cc(-c2[c-]cccc2)ncc1[Si](C)(C)C.[2H]C(C)(C)c1ccnc(-c2[c-]ccc3c2sc2ccc4c(C)cccc4c23)c1.[Ir]. The van der Waals surface area contributed by atoms with Crippen molar-refractivity contribution in [1.29, 1.82) is 0 Å². The largest absolute Gasteiger partial charge is 0.305 e. The quantitative estimate of drug-likeness (QED) is 0.131. The molecule has 0 saturated heterocycles. The number of aryl methyl sites for hydroxylation is 2. The number of hydrogen-bond acceptors (Lipinski definition) is 3. The van der Waals surface area contributed by atoms with Gasteiger partial charge in [0.25, 0.3) is 0 Å². The number of nitrogens with zero attached hydrogens (tertiary/aromatic N) is 2.